The van der Waals surface area contributed by atoms with Gasteiger partial charge in [0.05, 0.1) is 0 Å². The topological polar surface area (TPSA) is 70.7 Å². The van der Waals surface area contributed by atoms with Crippen LogP contribution in [0.5, 0.6) is 0 Å². The van der Waals surface area contributed by atoms with E-state index in [0.717, 1.165) is 23.2 Å². The summed E-state index contributed by atoms with van der Waals surface area (Å²) in [6.45, 7) is 4.64. The molecule has 3 aromatic rings. The molecule has 1 unspecified atom stereocenters. The molecule has 0 fully saturated rings. The number of benzene rings is 1. The normalized spacial score (nSPS) is 11.9. The van der Waals surface area contributed by atoms with Crippen LogP contribution in [0, 0.1) is 0 Å². The molecule has 25 heavy (non-hydrogen) atoms. The third-order valence-corrected chi connectivity index (χ3v) is 4.42. The van der Waals surface area contributed by atoms with Gasteiger partial charge in [-0.1, -0.05) is 44.2 Å². The molecule has 128 valence electrons. The number of aromatic amines is 1. The highest BCUT2D eigenvalue weighted by Gasteiger charge is 2.15. The van der Waals surface area contributed by atoms with Gasteiger partial charge >= 0.3 is 0 Å². The first-order chi connectivity index (χ1) is 12.2. The molecule has 0 aliphatic carbocycles. The average molecular weight is 334 g/mol. The van der Waals surface area contributed by atoms with Crippen LogP contribution < -0.4 is 5.32 Å². The summed E-state index contributed by atoms with van der Waals surface area (Å²) in [5, 5.41) is 10.1. The number of hydrogen-bond donors (Lipinski definition) is 2. The maximum absolute atomic E-state index is 12.4. The molecule has 5 nitrogen and oxygen atoms in total. The van der Waals surface area contributed by atoms with Crippen LogP contribution in [0.25, 0.3) is 0 Å². The summed E-state index contributed by atoms with van der Waals surface area (Å²) in [7, 11) is 0. The molecular formula is C20H22N4O. The summed E-state index contributed by atoms with van der Waals surface area (Å²) in [6.07, 6.45) is 4.48. The minimum atomic E-state index is -0.179. The van der Waals surface area contributed by atoms with Crippen LogP contribution >= 0.6 is 0 Å². The van der Waals surface area contributed by atoms with Crippen LogP contribution in [0.3, 0.4) is 0 Å². The highest BCUT2D eigenvalue weighted by molar-refractivity contribution is 5.92. The number of amides is 1. The quantitative estimate of drug-likeness (QED) is 0.725. The monoisotopic (exact) mass is 334 g/mol. The first kappa shape index (κ1) is 16.9. The Morgan fingerprint density at radius 2 is 2.00 bits per heavy atom. The van der Waals surface area contributed by atoms with Crippen LogP contribution in [-0.2, 0) is 13.0 Å². The van der Waals surface area contributed by atoms with E-state index in [-0.39, 0.29) is 11.8 Å². The number of nitrogens with one attached hydrogen (secondary N) is 2. The summed E-state index contributed by atoms with van der Waals surface area (Å²) in [4.78, 5) is 16.5. The number of aryl methyl sites for hydroxylation is 1. The standard InChI is InChI=1S/C20H22N4O/c1-3-15-12-21-10-9-17(15)13-22-20(25)19-11-18(23-24-19)14(2)16-7-5-4-6-8-16/h4-12,14H,3,13H2,1-2H3,(H,22,25)(H,23,24). The first-order valence-electron chi connectivity index (χ1n) is 8.49. The summed E-state index contributed by atoms with van der Waals surface area (Å²) in [5.74, 6) is -0.0243. The third-order valence-electron chi connectivity index (χ3n) is 4.42. The molecule has 2 aromatic heterocycles. The second-order valence-corrected chi connectivity index (χ2v) is 6.02. The molecule has 0 spiro atoms. The van der Waals surface area contributed by atoms with Crippen LogP contribution in [0.15, 0.2) is 54.9 Å². The Balaban J connectivity index is 1.67. The number of aromatic nitrogens is 3. The zero-order chi connectivity index (χ0) is 17.6. The van der Waals surface area contributed by atoms with Gasteiger partial charge < -0.3 is 5.32 Å². The van der Waals surface area contributed by atoms with E-state index in [2.05, 4.69) is 46.5 Å². The molecule has 2 N–H and O–H groups in total. The molecule has 0 aliphatic heterocycles. The Bertz CT molecular complexity index is 842. The molecule has 0 saturated heterocycles. The second-order valence-electron chi connectivity index (χ2n) is 6.02. The second kappa shape index (κ2) is 7.75. The van der Waals surface area contributed by atoms with Crippen molar-refractivity contribution in [3.8, 4) is 0 Å². The summed E-state index contributed by atoms with van der Waals surface area (Å²) >= 11 is 0. The Kier molecular flexibility index (Phi) is 5.23. The van der Waals surface area contributed by atoms with Gasteiger partial charge in [-0.15, -0.1) is 0 Å². The number of pyridine rings is 1. The van der Waals surface area contributed by atoms with Gasteiger partial charge in [0.1, 0.15) is 5.69 Å². The van der Waals surface area contributed by atoms with Gasteiger partial charge in [0, 0.05) is 30.6 Å². The molecule has 0 saturated carbocycles. The zero-order valence-corrected chi connectivity index (χ0v) is 14.5. The Morgan fingerprint density at radius 1 is 1.20 bits per heavy atom. The fraction of sp³-hybridized carbons (Fsp3) is 0.250. The number of carbonyl (C=O) groups excluding carboxylic acids is 1. The van der Waals surface area contributed by atoms with Gasteiger partial charge in [-0.3, -0.25) is 14.9 Å². The van der Waals surface area contributed by atoms with Crippen molar-refractivity contribution in [1.29, 1.82) is 0 Å². The van der Waals surface area contributed by atoms with Crippen molar-refractivity contribution in [2.75, 3.05) is 0 Å². The van der Waals surface area contributed by atoms with Crippen molar-refractivity contribution in [1.82, 2.24) is 20.5 Å². The molecule has 5 heteroatoms. The van der Waals surface area contributed by atoms with Crippen molar-refractivity contribution < 1.29 is 4.79 Å². The molecule has 1 atom stereocenters. The molecule has 3 rings (SSSR count). The number of hydrogen-bond acceptors (Lipinski definition) is 3. The van der Waals surface area contributed by atoms with E-state index in [1.165, 1.54) is 5.56 Å². The zero-order valence-electron chi connectivity index (χ0n) is 14.5. The van der Waals surface area contributed by atoms with E-state index in [1.54, 1.807) is 6.20 Å². The van der Waals surface area contributed by atoms with E-state index in [0.29, 0.717) is 12.2 Å². The number of nitrogens with zero attached hydrogens (tertiary/aromatic N) is 2. The smallest absolute Gasteiger partial charge is 0.272 e. The largest absolute Gasteiger partial charge is 0.347 e. The Labute approximate surface area is 147 Å². The first-order valence-corrected chi connectivity index (χ1v) is 8.49. The Morgan fingerprint density at radius 3 is 2.76 bits per heavy atom. The summed E-state index contributed by atoms with van der Waals surface area (Å²) in [5.41, 5.74) is 4.74. The molecule has 1 aromatic carbocycles. The van der Waals surface area contributed by atoms with E-state index < -0.39 is 0 Å². The van der Waals surface area contributed by atoms with Gasteiger partial charge in [0.15, 0.2) is 0 Å². The van der Waals surface area contributed by atoms with Crippen LogP contribution in [0.4, 0.5) is 0 Å². The number of H-pyrrole nitrogens is 1. The van der Waals surface area contributed by atoms with Gasteiger partial charge in [0.25, 0.3) is 5.91 Å². The van der Waals surface area contributed by atoms with Gasteiger partial charge in [-0.25, -0.2) is 0 Å². The van der Waals surface area contributed by atoms with Crippen LogP contribution in [0.2, 0.25) is 0 Å². The number of carbonyl (C=O) groups is 1. The third kappa shape index (κ3) is 3.94. The van der Waals surface area contributed by atoms with Crippen LogP contribution in [-0.4, -0.2) is 21.1 Å². The fourth-order valence-electron chi connectivity index (χ4n) is 2.81. The maximum atomic E-state index is 12.4. The van der Waals surface area contributed by atoms with Crippen molar-refractivity contribution >= 4 is 5.91 Å². The van der Waals surface area contributed by atoms with Crippen molar-refractivity contribution in [3.63, 3.8) is 0 Å². The molecule has 0 radical (unpaired) electrons. The maximum Gasteiger partial charge on any atom is 0.272 e. The van der Waals surface area contributed by atoms with E-state index >= 15 is 0 Å². The summed E-state index contributed by atoms with van der Waals surface area (Å²) in [6, 6.07) is 13.9. The van der Waals surface area contributed by atoms with Crippen LogP contribution in [0.1, 0.15) is 52.6 Å². The predicted octanol–water partition coefficient (Wildman–Crippen LogP) is 3.45. The molecule has 0 aliphatic rings. The lowest BCUT2D eigenvalue weighted by Crippen LogP contribution is -2.23. The molecule has 2 heterocycles. The van der Waals surface area contributed by atoms with Crippen molar-refractivity contribution in [2.24, 2.45) is 0 Å². The minimum Gasteiger partial charge on any atom is -0.347 e. The van der Waals surface area contributed by atoms with Gasteiger partial charge in [0.2, 0.25) is 0 Å². The lowest BCUT2D eigenvalue weighted by molar-refractivity contribution is 0.0946. The van der Waals surface area contributed by atoms with E-state index in [1.807, 2.05) is 36.5 Å². The number of rotatable bonds is 6. The molecule has 1 amide bonds. The lowest BCUT2D eigenvalue weighted by Gasteiger charge is -2.09. The SMILES string of the molecule is CCc1cnccc1CNC(=O)c1cc(C(C)c2ccccc2)[nH]n1. The predicted molar refractivity (Wildman–Crippen MR) is 97.3 cm³/mol. The van der Waals surface area contributed by atoms with Gasteiger partial charge in [-0.05, 0) is 35.2 Å². The van der Waals surface area contributed by atoms with E-state index in [9.17, 15) is 4.79 Å². The highest BCUT2D eigenvalue weighted by Crippen LogP contribution is 2.22. The average Bonchev–Trinajstić information content (AvgIpc) is 3.16. The van der Waals surface area contributed by atoms with Gasteiger partial charge in [-0.2, -0.15) is 5.10 Å². The summed E-state index contributed by atoms with van der Waals surface area (Å²) < 4.78 is 0. The molecular weight excluding hydrogens is 312 g/mol. The van der Waals surface area contributed by atoms with Crippen molar-refractivity contribution in [2.45, 2.75) is 32.7 Å². The van der Waals surface area contributed by atoms with E-state index in [4.69, 9.17) is 0 Å². The minimum absolute atomic E-state index is 0.155. The van der Waals surface area contributed by atoms with Crippen molar-refractivity contribution in [3.05, 3.63) is 82.9 Å². The highest BCUT2D eigenvalue weighted by atomic mass is 16.1. The lowest BCUT2D eigenvalue weighted by atomic mass is 9.98. The fourth-order valence-corrected chi connectivity index (χ4v) is 2.81. The molecule has 0 bridgehead atoms. The Hall–Kier alpha value is -2.95.